The van der Waals surface area contributed by atoms with Crippen molar-refractivity contribution < 1.29 is 14.3 Å². The normalized spacial score (nSPS) is 20.3. The lowest BCUT2D eigenvalue weighted by Gasteiger charge is -2.28. The lowest BCUT2D eigenvalue weighted by molar-refractivity contribution is -0.123. The summed E-state index contributed by atoms with van der Waals surface area (Å²) >= 11 is 5.86. The summed E-state index contributed by atoms with van der Waals surface area (Å²) in [6.07, 6.45) is 2.09. The van der Waals surface area contributed by atoms with E-state index in [0.29, 0.717) is 23.9 Å². The van der Waals surface area contributed by atoms with Gasteiger partial charge in [0.05, 0.1) is 12.1 Å². The second-order valence-corrected chi connectivity index (χ2v) is 5.70. The third-order valence-corrected chi connectivity index (χ3v) is 3.78. The predicted molar refractivity (Wildman–Crippen MR) is 89.0 cm³/mol. The first-order valence-electron chi connectivity index (χ1n) is 7.03. The molecule has 0 aromatic heterocycles. The van der Waals surface area contributed by atoms with Crippen LogP contribution >= 0.6 is 24.0 Å². The molecule has 124 valence electrons. The Morgan fingerprint density at radius 2 is 2.32 bits per heavy atom. The fourth-order valence-corrected chi connectivity index (χ4v) is 2.67. The van der Waals surface area contributed by atoms with Crippen molar-refractivity contribution in [2.75, 3.05) is 33.4 Å². The highest BCUT2D eigenvalue weighted by Crippen LogP contribution is 2.19. The van der Waals surface area contributed by atoms with Crippen molar-refractivity contribution in [3.05, 3.63) is 29.3 Å². The first kappa shape index (κ1) is 19.0. The van der Waals surface area contributed by atoms with Gasteiger partial charge in [0.15, 0.2) is 6.61 Å². The molecular formula is C15H22Cl2N2O3. The monoisotopic (exact) mass is 348 g/mol. The van der Waals surface area contributed by atoms with E-state index in [0.717, 1.165) is 19.4 Å². The van der Waals surface area contributed by atoms with Crippen LogP contribution in [-0.4, -0.2) is 44.9 Å². The zero-order valence-corrected chi connectivity index (χ0v) is 14.1. The van der Waals surface area contributed by atoms with E-state index in [-0.39, 0.29) is 30.5 Å². The quantitative estimate of drug-likeness (QED) is 0.791. The van der Waals surface area contributed by atoms with Gasteiger partial charge in [-0.05, 0) is 37.6 Å². The number of ether oxygens (including phenoxy) is 2. The highest BCUT2D eigenvalue weighted by Gasteiger charge is 2.33. The van der Waals surface area contributed by atoms with Gasteiger partial charge in [-0.2, -0.15) is 0 Å². The lowest BCUT2D eigenvalue weighted by atomic mass is 9.99. The summed E-state index contributed by atoms with van der Waals surface area (Å²) in [5.74, 6) is 0.433. The van der Waals surface area contributed by atoms with Gasteiger partial charge in [0.25, 0.3) is 5.91 Å². The molecule has 0 bridgehead atoms. The maximum absolute atomic E-state index is 11.9. The number of hydrogen-bond donors (Lipinski definition) is 2. The molecule has 1 unspecified atom stereocenters. The van der Waals surface area contributed by atoms with Crippen molar-refractivity contribution in [1.82, 2.24) is 10.6 Å². The van der Waals surface area contributed by atoms with Gasteiger partial charge in [0, 0.05) is 18.7 Å². The zero-order chi connectivity index (χ0) is 15.1. The van der Waals surface area contributed by atoms with E-state index in [2.05, 4.69) is 10.6 Å². The summed E-state index contributed by atoms with van der Waals surface area (Å²) in [6.45, 7) is 2.06. The number of amides is 1. The highest BCUT2D eigenvalue weighted by atomic mass is 35.5. The van der Waals surface area contributed by atoms with Gasteiger partial charge in [-0.3, -0.25) is 4.79 Å². The Balaban J connectivity index is 0.00000242. The zero-order valence-electron chi connectivity index (χ0n) is 12.6. The standard InChI is InChI=1S/C15H21ClN2O3.ClH/c1-20-11-15(6-3-7-18-15)10-17-14(19)9-21-13-5-2-4-12(16)8-13;/h2,4-5,8,18H,3,6-7,9-11H2,1H3,(H,17,19);1H. The smallest absolute Gasteiger partial charge is 0.258 e. The number of halogens is 2. The number of carbonyl (C=O) groups is 1. The van der Waals surface area contributed by atoms with E-state index < -0.39 is 0 Å². The number of carbonyl (C=O) groups excluding carboxylic acids is 1. The molecule has 5 nitrogen and oxygen atoms in total. The number of nitrogens with one attached hydrogen (secondary N) is 2. The molecule has 1 fully saturated rings. The van der Waals surface area contributed by atoms with Crippen LogP contribution in [-0.2, 0) is 9.53 Å². The molecule has 7 heteroatoms. The first-order valence-corrected chi connectivity index (χ1v) is 7.40. The molecule has 1 atom stereocenters. The van der Waals surface area contributed by atoms with Crippen LogP contribution in [0, 0.1) is 0 Å². The third-order valence-electron chi connectivity index (χ3n) is 3.54. The third kappa shape index (κ3) is 5.65. The summed E-state index contributed by atoms with van der Waals surface area (Å²) in [6, 6.07) is 6.99. The van der Waals surface area contributed by atoms with Gasteiger partial charge in [-0.1, -0.05) is 17.7 Å². The number of rotatable bonds is 7. The molecule has 2 N–H and O–H groups in total. The average molecular weight is 349 g/mol. The van der Waals surface area contributed by atoms with Gasteiger partial charge in [-0.25, -0.2) is 0 Å². The molecule has 1 aliphatic heterocycles. The summed E-state index contributed by atoms with van der Waals surface area (Å²) in [5, 5.41) is 6.89. The second-order valence-electron chi connectivity index (χ2n) is 5.27. The molecule has 0 saturated carbocycles. The second kappa shape index (κ2) is 9.20. The molecule has 2 rings (SSSR count). The Morgan fingerprint density at radius 1 is 1.50 bits per heavy atom. The van der Waals surface area contributed by atoms with Crippen LogP contribution < -0.4 is 15.4 Å². The van der Waals surface area contributed by atoms with Crippen LogP contribution in [0.2, 0.25) is 5.02 Å². The van der Waals surface area contributed by atoms with E-state index in [4.69, 9.17) is 21.1 Å². The Kier molecular flexibility index (Phi) is 7.96. The minimum atomic E-state index is -0.154. The van der Waals surface area contributed by atoms with Crippen LogP contribution in [0.5, 0.6) is 5.75 Å². The molecule has 1 aliphatic rings. The van der Waals surface area contributed by atoms with Gasteiger partial charge in [0.2, 0.25) is 0 Å². The van der Waals surface area contributed by atoms with Crippen molar-refractivity contribution in [3.8, 4) is 5.75 Å². The van der Waals surface area contributed by atoms with Crippen LogP contribution in [0.4, 0.5) is 0 Å². The molecule has 1 heterocycles. The van der Waals surface area contributed by atoms with Crippen molar-refractivity contribution in [2.24, 2.45) is 0 Å². The van der Waals surface area contributed by atoms with E-state index in [9.17, 15) is 4.79 Å². The fourth-order valence-electron chi connectivity index (χ4n) is 2.49. The van der Waals surface area contributed by atoms with Crippen molar-refractivity contribution in [1.29, 1.82) is 0 Å². The van der Waals surface area contributed by atoms with Gasteiger partial charge < -0.3 is 20.1 Å². The molecule has 1 amide bonds. The van der Waals surface area contributed by atoms with Crippen LogP contribution in [0.3, 0.4) is 0 Å². The summed E-state index contributed by atoms with van der Waals surface area (Å²) in [5.41, 5.74) is -0.152. The summed E-state index contributed by atoms with van der Waals surface area (Å²) in [7, 11) is 1.67. The van der Waals surface area contributed by atoms with Crippen molar-refractivity contribution in [3.63, 3.8) is 0 Å². The highest BCUT2D eigenvalue weighted by molar-refractivity contribution is 6.30. The molecular weight excluding hydrogens is 327 g/mol. The lowest BCUT2D eigenvalue weighted by Crippen LogP contribution is -2.53. The van der Waals surface area contributed by atoms with E-state index in [1.165, 1.54) is 0 Å². The Morgan fingerprint density at radius 3 is 2.95 bits per heavy atom. The molecule has 22 heavy (non-hydrogen) atoms. The summed E-state index contributed by atoms with van der Waals surface area (Å²) in [4.78, 5) is 11.9. The van der Waals surface area contributed by atoms with Crippen molar-refractivity contribution >= 4 is 29.9 Å². The predicted octanol–water partition coefficient (Wildman–Crippen LogP) is 2.03. The molecule has 0 radical (unpaired) electrons. The number of benzene rings is 1. The number of hydrogen-bond acceptors (Lipinski definition) is 4. The Bertz CT molecular complexity index is 480. The first-order chi connectivity index (χ1) is 10.1. The topological polar surface area (TPSA) is 59.6 Å². The summed E-state index contributed by atoms with van der Waals surface area (Å²) < 4.78 is 10.7. The fraction of sp³-hybridized carbons (Fsp3) is 0.533. The minimum Gasteiger partial charge on any atom is -0.484 e. The number of methoxy groups -OCH3 is 1. The van der Waals surface area contributed by atoms with Crippen molar-refractivity contribution in [2.45, 2.75) is 18.4 Å². The SMILES string of the molecule is COCC1(CNC(=O)COc2cccc(Cl)c2)CCCN1.Cl. The maximum Gasteiger partial charge on any atom is 0.258 e. The Hall–Kier alpha value is -1.01. The molecule has 0 aliphatic carbocycles. The van der Waals surface area contributed by atoms with Gasteiger partial charge >= 0.3 is 0 Å². The van der Waals surface area contributed by atoms with E-state index >= 15 is 0 Å². The maximum atomic E-state index is 11.9. The molecule has 1 aromatic carbocycles. The van der Waals surface area contributed by atoms with E-state index in [1.54, 1.807) is 31.4 Å². The van der Waals surface area contributed by atoms with Crippen LogP contribution in [0.25, 0.3) is 0 Å². The Labute approximate surface area is 142 Å². The minimum absolute atomic E-state index is 0. The molecule has 1 aromatic rings. The molecule has 1 saturated heterocycles. The van der Waals surface area contributed by atoms with Gasteiger partial charge in [0.1, 0.15) is 5.75 Å². The van der Waals surface area contributed by atoms with E-state index in [1.807, 2.05) is 0 Å². The van der Waals surface area contributed by atoms with Gasteiger partial charge in [-0.15, -0.1) is 12.4 Å². The largest absolute Gasteiger partial charge is 0.484 e. The van der Waals surface area contributed by atoms with Crippen LogP contribution in [0.15, 0.2) is 24.3 Å². The van der Waals surface area contributed by atoms with Crippen LogP contribution in [0.1, 0.15) is 12.8 Å². The average Bonchev–Trinajstić information content (AvgIpc) is 2.92. The molecule has 0 spiro atoms.